The van der Waals surface area contributed by atoms with E-state index in [0.29, 0.717) is 54.0 Å². The molecule has 0 amide bonds. The number of thiazole rings is 1. The fourth-order valence-corrected chi connectivity index (χ4v) is 7.74. The number of methoxy groups -OCH3 is 1. The van der Waals surface area contributed by atoms with Crippen molar-refractivity contribution in [2.45, 2.75) is 23.7 Å². The number of amidine groups is 1. The molecule has 196 valence electrons. The maximum absolute atomic E-state index is 13.9. The fraction of sp³-hybridized carbons (Fsp3) is 0.435. The quantitative estimate of drug-likeness (QED) is 0.488. The monoisotopic (exact) mass is 566 g/mol. The van der Waals surface area contributed by atoms with Crippen LogP contribution >= 0.6 is 22.9 Å². The van der Waals surface area contributed by atoms with Crippen molar-refractivity contribution in [1.82, 2.24) is 24.2 Å². The van der Waals surface area contributed by atoms with Gasteiger partial charge in [0, 0.05) is 47.0 Å². The van der Waals surface area contributed by atoms with Gasteiger partial charge in [-0.05, 0) is 19.2 Å². The van der Waals surface area contributed by atoms with Crippen LogP contribution in [0.1, 0.15) is 16.6 Å². The molecule has 4 unspecified atom stereocenters. The van der Waals surface area contributed by atoms with Crippen LogP contribution in [0.25, 0.3) is 0 Å². The Morgan fingerprint density at radius 1 is 1.46 bits per heavy atom. The van der Waals surface area contributed by atoms with E-state index in [0.717, 1.165) is 0 Å². The van der Waals surface area contributed by atoms with Crippen molar-refractivity contribution in [3.63, 3.8) is 0 Å². The third kappa shape index (κ3) is 3.79. The van der Waals surface area contributed by atoms with Crippen LogP contribution in [0, 0.1) is 5.82 Å². The zero-order valence-electron chi connectivity index (χ0n) is 19.9. The van der Waals surface area contributed by atoms with E-state index in [1.807, 2.05) is 9.69 Å². The highest BCUT2D eigenvalue weighted by Crippen LogP contribution is 2.53. The van der Waals surface area contributed by atoms with E-state index in [4.69, 9.17) is 26.1 Å². The van der Waals surface area contributed by atoms with E-state index in [2.05, 4.69) is 19.9 Å². The molecule has 1 aromatic carbocycles. The summed E-state index contributed by atoms with van der Waals surface area (Å²) in [7, 11) is 2.98. The first kappa shape index (κ1) is 25.0. The number of benzene rings is 1. The fourth-order valence-electron chi connectivity index (χ4n) is 5.78. The highest BCUT2D eigenvalue weighted by Gasteiger charge is 2.74. The number of carbonyl (C=O) groups excluding carboxylic acids is 1. The van der Waals surface area contributed by atoms with Crippen LogP contribution in [0.3, 0.4) is 0 Å². The zero-order chi connectivity index (χ0) is 25.9. The van der Waals surface area contributed by atoms with Gasteiger partial charge in [-0.15, -0.1) is 11.3 Å². The van der Waals surface area contributed by atoms with Gasteiger partial charge >= 0.3 is 5.97 Å². The molecule has 0 bridgehead atoms. The van der Waals surface area contributed by atoms with Gasteiger partial charge in [-0.2, -0.15) is 4.31 Å². The number of rotatable bonds is 7. The zero-order valence-corrected chi connectivity index (χ0v) is 22.3. The number of halogens is 2. The average molecular weight is 567 g/mol. The molecule has 37 heavy (non-hydrogen) atoms. The minimum absolute atomic E-state index is 0.00628. The first-order valence-corrected chi connectivity index (χ1v) is 14.0. The van der Waals surface area contributed by atoms with Crippen molar-refractivity contribution in [1.29, 1.82) is 0 Å². The molecule has 4 aliphatic rings. The Morgan fingerprint density at radius 3 is 3.00 bits per heavy atom. The van der Waals surface area contributed by atoms with Crippen molar-refractivity contribution in [3.05, 3.63) is 62.5 Å². The van der Waals surface area contributed by atoms with E-state index in [1.54, 1.807) is 13.2 Å². The van der Waals surface area contributed by atoms with Crippen LogP contribution < -0.4 is 10.0 Å². The smallest absolute Gasteiger partial charge is 0.338 e. The van der Waals surface area contributed by atoms with Gasteiger partial charge in [0.2, 0.25) is 0 Å². The summed E-state index contributed by atoms with van der Waals surface area (Å²) in [4.78, 5) is 24.6. The molecule has 2 aromatic rings. The number of nitrogens with zero attached hydrogens (tertiary/aromatic N) is 4. The van der Waals surface area contributed by atoms with Crippen LogP contribution in [-0.4, -0.2) is 88.3 Å². The van der Waals surface area contributed by atoms with Gasteiger partial charge in [0.25, 0.3) is 0 Å². The predicted molar refractivity (Wildman–Crippen MR) is 137 cm³/mol. The standard InChI is InChI=1S/C23H24ClFN6O4S2/c1-26-37(33)31-9-16-23(31)11-35-10-17(23)30(16)8-15-18(22(32)34-2)19(13-4-3-12(25)7-14(13)24)29-20(28-15)21-27-5-6-36-21/h3-7,16-17,19,26H,8-11H2,1-2H3,(H,28,29)/t16?,17?,19-,23?,37?/m0/s1. The highest BCUT2D eigenvalue weighted by atomic mass is 35.5. The van der Waals surface area contributed by atoms with Crippen molar-refractivity contribution >= 4 is 45.9 Å². The second-order valence-electron chi connectivity index (χ2n) is 9.12. The lowest BCUT2D eigenvalue weighted by Crippen LogP contribution is -2.92. The number of carbonyl (C=O) groups is 1. The molecule has 0 radical (unpaired) electrons. The number of likely N-dealkylation sites (tertiary alicyclic amines) is 1. The third-order valence-electron chi connectivity index (χ3n) is 7.51. The van der Waals surface area contributed by atoms with Crippen molar-refractivity contribution in [2.75, 3.05) is 40.5 Å². The highest BCUT2D eigenvalue weighted by molar-refractivity contribution is 7.80. The van der Waals surface area contributed by atoms with E-state index in [1.165, 1.54) is 36.6 Å². The van der Waals surface area contributed by atoms with E-state index in [9.17, 15) is 13.4 Å². The Bertz CT molecular complexity index is 1340. The second kappa shape index (κ2) is 9.49. The molecule has 0 saturated carbocycles. The summed E-state index contributed by atoms with van der Waals surface area (Å²) in [5.74, 6) is -0.554. The number of hydrogen-bond acceptors (Lipinski definition) is 9. The molecule has 3 fully saturated rings. The molecule has 1 aromatic heterocycles. The van der Waals surface area contributed by atoms with Crippen molar-refractivity contribution < 1.29 is 22.9 Å². The molecule has 14 heteroatoms. The first-order chi connectivity index (χ1) is 17.9. The Balaban J connectivity index is 1.39. The number of aromatic nitrogens is 1. The van der Waals surface area contributed by atoms with Gasteiger partial charge in [-0.1, -0.05) is 17.7 Å². The largest absolute Gasteiger partial charge is 0.466 e. The lowest BCUT2D eigenvalue weighted by Gasteiger charge is -2.71. The summed E-state index contributed by atoms with van der Waals surface area (Å²) in [5, 5.41) is 5.96. The molecule has 2 N–H and O–H groups in total. The second-order valence-corrected chi connectivity index (χ2v) is 11.8. The summed E-state index contributed by atoms with van der Waals surface area (Å²) in [6.07, 6.45) is 1.67. The van der Waals surface area contributed by atoms with Gasteiger partial charge in [0.1, 0.15) is 11.9 Å². The van der Waals surface area contributed by atoms with Gasteiger partial charge in [-0.3, -0.25) is 9.89 Å². The first-order valence-electron chi connectivity index (χ1n) is 11.6. The minimum Gasteiger partial charge on any atom is -0.466 e. The van der Waals surface area contributed by atoms with Crippen molar-refractivity contribution in [2.24, 2.45) is 4.99 Å². The number of nitrogens with one attached hydrogen (secondary N) is 2. The van der Waals surface area contributed by atoms with Crippen LogP contribution in [0.4, 0.5) is 4.39 Å². The number of esters is 1. The topological polar surface area (TPSA) is 108 Å². The van der Waals surface area contributed by atoms with E-state index >= 15 is 0 Å². The summed E-state index contributed by atoms with van der Waals surface area (Å²) in [6.45, 7) is 1.98. The number of aliphatic imine (C=N–C) groups is 1. The molecule has 0 aliphatic carbocycles. The molecule has 5 atom stereocenters. The molecular weight excluding hydrogens is 543 g/mol. The third-order valence-corrected chi connectivity index (χ3v) is 9.85. The Kier molecular flexibility index (Phi) is 6.42. The molecule has 3 saturated heterocycles. The van der Waals surface area contributed by atoms with Crippen molar-refractivity contribution in [3.8, 4) is 0 Å². The number of hydrogen-bond donors (Lipinski definition) is 2. The predicted octanol–water partition coefficient (Wildman–Crippen LogP) is 1.39. The van der Waals surface area contributed by atoms with Gasteiger partial charge in [0.15, 0.2) is 22.0 Å². The summed E-state index contributed by atoms with van der Waals surface area (Å²) < 4.78 is 42.2. The molecular formula is C23H24ClFN6O4S2. The van der Waals surface area contributed by atoms with Crippen LogP contribution in [0.5, 0.6) is 0 Å². The normalized spacial score (nSPS) is 29.9. The SMILES string of the molecule is CNS(=O)N1CC2N(CC3=C(C(=O)OC)[C@H](c4ccc(F)cc4Cl)N=C(c4nccs4)N3)C3COCC321. The lowest BCUT2D eigenvalue weighted by molar-refractivity contribution is -0.179. The van der Waals surface area contributed by atoms with Gasteiger partial charge in [0.05, 0.1) is 37.5 Å². The summed E-state index contributed by atoms with van der Waals surface area (Å²) in [6, 6.07) is 3.33. The maximum atomic E-state index is 13.9. The van der Waals surface area contributed by atoms with E-state index in [-0.39, 0.29) is 22.6 Å². The average Bonchev–Trinajstić information content (AvgIpc) is 3.57. The van der Waals surface area contributed by atoms with Crippen LogP contribution in [0.15, 0.2) is 46.0 Å². The Hall–Kier alpha value is -2.26. The van der Waals surface area contributed by atoms with Gasteiger partial charge in [-0.25, -0.2) is 23.1 Å². The molecule has 4 aliphatic heterocycles. The number of ether oxygens (including phenoxy) is 2. The van der Waals surface area contributed by atoms with Crippen LogP contribution in [-0.2, 0) is 25.4 Å². The van der Waals surface area contributed by atoms with Crippen LogP contribution in [0.2, 0.25) is 5.02 Å². The lowest BCUT2D eigenvalue weighted by atomic mass is 9.67. The number of piperazine rings is 1. The molecule has 10 nitrogen and oxygen atoms in total. The van der Waals surface area contributed by atoms with Gasteiger partial charge < -0.3 is 14.8 Å². The Labute approximate surface area is 224 Å². The Morgan fingerprint density at radius 2 is 2.30 bits per heavy atom. The summed E-state index contributed by atoms with van der Waals surface area (Å²) >= 11 is 6.54. The molecule has 1 spiro atoms. The molecule has 5 heterocycles. The molecule has 6 rings (SSSR count). The summed E-state index contributed by atoms with van der Waals surface area (Å²) in [5.41, 5.74) is 1.06. The van der Waals surface area contributed by atoms with E-state index < -0.39 is 29.0 Å². The maximum Gasteiger partial charge on any atom is 0.338 e. The minimum atomic E-state index is -1.30.